The lowest BCUT2D eigenvalue weighted by molar-refractivity contribution is 0.0950. The zero-order valence-corrected chi connectivity index (χ0v) is 16.7. The molecule has 1 aliphatic heterocycles. The van der Waals surface area contributed by atoms with Gasteiger partial charge in [-0.15, -0.1) is 0 Å². The van der Waals surface area contributed by atoms with Crippen LogP contribution < -0.4 is 15.0 Å². The molecule has 7 heteroatoms. The van der Waals surface area contributed by atoms with Gasteiger partial charge in [-0.25, -0.2) is 4.98 Å². The molecule has 152 valence electrons. The maximum atomic E-state index is 13.1. The Labute approximate surface area is 174 Å². The predicted molar refractivity (Wildman–Crippen MR) is 117 cm³/mol. The van der Waals surface area contributed by atoms with Gasteiger partial charge in [-0.05, 0) is 35.4 Å². The molecule has 2 aromatic heterocycles. The Balaban J connectivity index is 1.52. The van der Waals surface area contributed by atoms with Crippen LogP contribution in [0.1, 0.15) is 16.1 Å². The van der Waals surface area contributed by atoms with Gasteiger partial charge in [0.25, 0.3) is 5.91 Å². The second-order valence-corrected chi connectivity index (χ2v) is 7.47. The minimum atomic E-state index is -0.135. The monoisotopic (exact) mass is 401 g/mol. The number of hydrogen-bond donors (Lipinski definition) is 3. The van der Waals surface area contributed by atoms with Gasteiger partial charge in [-0.2, -0.15) is 0 Å². The Kier molecular flexibility index (Phi) is 4.63. The molecule has 0 saturated carbocycles. The van der Waals surface area contributed by atoms with E-state index in [1.807, 2.05) is 25.4 Å². The van der Waals surface area contributed by atoms with Crippen LogP contribution in [0.2, 0.25) is 0 Å². The van der Waals surface area contributed by atoms with Crippen LogP contribution in [0.4, 0.5) is 5.69 Å². The Morgan fingerprint density at radius 1 is 1.27 bits per heavy atom. The average Bonchev–Trinajstić information content (AvgIpc) is 3.45. The summed E-state index contributed by atoms with van der Waals surface area (Å²) in [4.78, 5) is 25.6. The number of fused-ring (bicyclic) bond motifs is 2. The van der Waals surface area contributed by atoms with E-state index in [0.29, 0.717) is 30.9 Å². The van der Waals surface area contributed by atoms with Gasteiger partial charge in [-0.1, -0.05) is 12.1 Å². The minimum Gasteiger partial charge on any atom is -0.489 e. The zero-order chi connectivity index (χ0) is 20.5. The van der Waals surface area contributed by atoms with E-state index in [2.05, 4.69) is 49.4 Å². The summed E-state index contributed by atoms with van der Waals surface area (Å²) in [6, 6.07) is 12.3. The van der Waals surface area contributed by atoms with Crippen molar-refractivity contribution in [3.63, 3.8) is 0 Å². The van der Waals surface area contributed by atoms with Crippen molar-refractivity contribution in [2.45, 2.75) is 6.42 Å². The van der Waals surface area contributed by atoms with Crippen molar-refractivity contribution in [3.05, 3.63) is 66.4 Å². The number of rotatable bonds is 5. The van der Waals surface area contributed by atoms with Gasteiger partial charge in [0.2, 0.25) is 0 Å². The quantitative estimate of drug-likeness (QED) is 0.479. The maximum Gasteiger partial charge on any atom is 0.255 e. The van der Waals surface area contributed by atoms with Crippen molar-refractivity contribution in [1.29, 1.82) is 0 Å². The Hall–Kier alpha value is -3.74. The molecule has 0 bridgehead atoms. The smallest absolute Gasteiger partial charge is 0.255 e. The summed E-state index contributed by atoms with van der Waals surface area (Å²) in [6.07, 6.45) is 6.04. The van der Waals surface area contributed by atoms with Gasteiger partial charge in [0.15, 0.2) is 5.75 Å². The van der Waals surface area contributed by atoms with Crippen LogP contribution in [0.3, 0.4) is 0 Å². The molecule has 0 unspecified atom stereocenters. The molecule has 0 atom stereocenters. The second kappa shape index (κ2) is 7.59. The number of hydrogen-bond acceptors (Lipinski definition) is 4. The first-order valence-corrected chi connectivity index (χ1v) is 10.0. The van der Waals surface area contributed by atoms with Gasteiger partial charge >= 0.3 is 0 Å². The predicted octanol–water partition coefficient (Wildman–Crippen LogP) is 3.36. The Morgan fingerprint density at radius 2 is 2.20 bits per heavy atom. The number of carbonyl (C=O) groups is 1. The molecule has 1 aliphatic rings. The lowest BCUT2D eigenvalue weighted by Gasteiger charge is -2.30. The van der Waals surface area contributed by atoms with Crippen LogP contribution in [0.15, 0.2) is 55.1 Å². The minimum absolute atomic E-state index is 0.135. The number of benzene rings is 2. The standard InChI is InChI=1S/C23H23N5O2/c1-28-9-10-30-22-19(23(29)26-7-5-16-13-24-14-27-16)11-15(12-21(22)28)17-3-2-4-20-18(17)6-8-25-20/h2-4,6,8,11-14,25H,5,7,9-10H2,1H3,(H,24,27)(H,26,29). The highest BCUT2D eigenvalue weighted by Gasteiger charge is 2.24. The van der Waals surface area contributed by atoms with E-state index >= 15 is 0 Å². The number of anilines is 1. The largest absolute Gasteiger partial charge is 0.489 e. The third kappa shape index (κ3) is 3.28. The third-order valence-corrected chi connectivity index (χ3v) is 5.54. The van der Waals surface area contributed by atoms with E-state index in [1.165, 1.54) is 0 Å². The molecule has 7 nitrogen and oxygen atoms in total. The fourth-order valence-electron chi connectivity index (χ4n) is 3.94. The number of nitrogens with zero attached hydrogens (tertiary/aromatic N) is 2. The molecule has 0 saturated heterocycles. The molecule has 30 heavy (non-hydrogen) atoms. The summed E-state index contributed by atoms with van der Waals surface area (Å²) in [7, 11) is 2.03. The molecule has 2 aromatic carbocycles. The zero-order valence-electron chi connectivity index (χ0n) is 16.7. The van der Waals surface area contributed by atoms with E-state index in [1.54, 1.807) is 12.5 Å². The number of nitrogens with one attached hydrogen (secondary N) is 3. The van der Waals surface area contributed by atoms with Gasteiger partial charge in [0.1, 0.15) is 6.61 Å². The number of amides is 1. The van der Waals surface area contributed by atoms with Crippen LogP contribution in [0, 0.1) is 0 Å². The molecule has 0 aliphatic carbocycles. The summed E-state index contributed by atoms with van der Waals surface area (Å²) in [6.45, 7) is 1.86. The number of imidazole rings is 1. The van der Waals surface area contributed by atoms with Crippen LogP contribution in [-0.4, -0.2) is 47.6 Å². The normalized spacial score (nSPS) is 13.2. The van der Waals surface area contributed by atoms with Crippen molar-refractivity contribution in [2.24, 2.45) is 0 Å². The van der Waals surface area contributed by atoms with Gasteiger partial charge in [0.05, 0.1) is 24.1 Å². The molecule has 5 rings (SSSR count). The van der Waals surface area contributed by atoms with E-state index < -0.39 is 0 Å². The molecule has 4 aromatic rings. The van der Waals surface area contributed by atoms with Crippen molar-refractivity contribution < 1.29 is 9.53 Å². The van der Waals surface area contributed by atoms with Crippen LogP contribution in [-0.2, 0) is 6.42 Å². The van der Waals surface area contributed by atoms with Crippen LogP contribution in [0.25, 0.3) is 22.0 Å². The summed E-state index contributed by atoms with van der Waals surface area (Å²) in [5, 5.41) is 4.15. The fourth-order valence-corrected chi connectivity index (χ4v) is 3.94. The first-order valence-electron chi connectivity index (χ1n) is 10.0. The van der Waals surface area contributed by atoms with Gasteiger partial charge in [-0.3, -0.25) is 4.79 Å². The molecule has 3 heterocycles. The fraction of sp³-hybridized carbons (Fsp3) is 0.217. The number of H-pyrrole nitrogens is 2. The molecule has 1 amide bonds. The van der Waals surface area contributed by atoms with Crippen molar-refractivity contribution >= 4 is 22.5 Å². The number of aromatic amines is 2. The summed E-state index contributed by atoms with van der Waals surface area (Å²) < 4.78 is 5.94. The van der Waals surface area contributed by atoms with Crippen molar-refractivity contribution in [1.82, 2.24) is 20.3 Å². The lowest BCUT2D eigenvalue weighted by atomic mass is 9.97. The topological polar surface area (TPSA) is 86.0 Å². The average molecular weight is 401 g/mol. The van der Waals surface area contributed by atoms with Crippen molar-refractivity contribution in [3.8, 4) is 16.9 Å². The van der Waals surface area contributed by atoms with E-state index in [4.69, 9.17) is 4.74 Å². The molecule has 0 fully saturated rings. The van der Waals surface area contributed by atoms with Gasteiger partial charge < -0.3 is 24.9 Å². The van der Waals surface area contributed by atoms with Gasteiger partial charge in [0, 0.05) is 49.0 Å². The SMILES string of the molecule is CN1CCOc2c(C(=O)NCCc3cnc[nH]3)cc(-c3cccc4[nH]ccc34)cc21. The highest BCUT2D eigenvalue weighted by molar-refractivity contribution is 6.03. The number of likely N-dealkylation sites (N-methyl/N-ethyl adjacent to an activating group) is 1. The molecule has 0 spiro atoms. The highest BCUT2D eigenvalue weighted by atomic mass is 16.5. The Morgan fingerprint density at radius 3 is 3.07 bits per heavy atom. The third-order valence-electron chi connectivity index (χ3n) is 5.54. The maximum absolute atomic E-state index is 13.1. The highest BCUT2D eigenvalue weighted by Crippen LogP contribution is 2.40. The number of ether oxygens (including phenoxy) is 1. The lowest BCUT2D eigenvalue weighted by Crippen LogP contribution is -2.32. The van der Waals surface area contributed by atoms with E-state index in [-0.39, 0.29) is 5.91 Å². The van der Waals surface area contributed by atoms with E-state index in [9.17, 15) is 4.79 Å². The van der Waals surface area contributed by atoms with Crippen LogP contribution >= 0.6 is 0 Å². The first kappa shape index (κ1) is 18.3. The number of aromatic nitrogens is 3. The Bertz CT molecular complexity index is 1200. The van der Waals surface area contributed by atoms with Crippen molar-refractivity contribution in [2.75, 3.05) is 31.6 Å². The summed E-state index contributed by atoms with van der Waals surface area (Å²) in [5.74, 6) is 0.511. The number of carbonyl (C=O) groups excluding carboxylic acids is 1. The summed E-state index contributed by atoms with van der Waals surface area (Å²) >= 11 is 0. The first-order chi connectivity index (χ1) is 14.7. The summed E-state index contributed by atoms with van der Waals surface area (Å²) in [5.41, 5.74) is 5.63. The molecular weight excluding hydrogens is 378 g/mol. The molecule has 3 N–H and O–H groups in total. The molecular formula is C23H23N5O2. The second-order valence-electron chi connectivity index (χ2n) is 7.47. The van der Waals surface area contributed by atoms with E-state index in [0.717, 1.165) is 40.0 Å². The molecule has 0 radical (unpaired) electrons. The van der Waals surface area contributed by atoms with Crippen LogP contribution in [0.5, 0.6) is 5.75 Å².